The number of amides is 1. The maximum absolute atomic E-state index is 12.6. The molecule has 1 aliphatic rings. The lowest BCUT2D eigenvalue weighted by molar-refractivity contribution is 0.101. The SMILES string of the molecule is N#Cc1ccc(Cl)cc1NC(=O)c1cccnc1O[C@@H]1CCSC1. The average molecular weight is 360 g/mol. The Morgan fingerprint density at radius 3 is 3.08 bits per heavy atom. The molecular formula is C17H14ClN3O2S. The first-order valence-electron chi connectivity index (χ1n) is 7.38. The second kappa shape index (κ2) is 7.56. The summed E-state index contributed by atoms with van der Waals surface area (Å²) in [5, 5.41) is 12.3. The van der Waals surface area contributed by atoms with Crippen LogP contribution in [0.5, 0.6) is 5.88 Å². The van der Waals surface area contributed by atoms with Crippen LogP contribution in [0.2, 0.25) is 5.02 Å². The molecule has 0 aliphatic carbocycles. The van der Waals surface area contributed by atoms with Crippen LogP contribution in [0, 0.1) is 11.3 Å². The lowest BCUT2D eigenvalue weighted by Gasteiger charge is -2.15. The molecule has 3 rings (SSSR count). The monoisotopic (exact) mass is 359 g/mol. The summed E-state index contributed by atoms with van der Waals surface area (Å²) in [5.74, 6) is 1.86. The van der Waals surface area contributed by atoms with Crippen molar-refractivity contribution in [3.8, 4) is 11.9 Å². The number of nitriles is 1. The minimum atomic E-state index is -0.387. The second-order valence-electron chi connectivity index (χ2n) is 5.22. The summed E-state index contributed by atoms with van der Waals surface area (Å²) in [4.78, 5) is 16.8. The molecule has 5 nitrogen and oxygen atoms in total. The minimum absolute atomic E-state index is 0.0669. The molecule has 0 radical (unpaired) electrons. The summed E-state index contributed by atoms with van der Waals surface area (Å²) in [6, 6.07) is 10.1. The van der Waals surface area contributed by atoms with Crippen LogP contribution >= 0.6 is 23.4 Å². The Balaban J connectivity index is 1.83. The quantitative estimate of drug-likeness (QED) is 0.899. The first-order valence-corrected chi connectivity index (χ1v) is 8.91. The molecule has 0 saturated carbocycles. The molecule has 1 saturated heterocycles. The molecule has 2 heterocycles. The Kier molecular flexibility index (Phi) is 5.24. The van der Waals surface area contributed by atoms with Gasteiger partial charge in [-0.2, -0.15) is 17.0 Å². The van der Waals surface area contributed by atoms with E-state index in [0.717, 1.165) is 17.9 Å². The summed E-state index contributed by atoms with van der Waals surface area (Å²) in [7, 11) is 0. The molecule has 1 N–H and O–H groups in total. The van der Waals surface area contributed by atoms with Crippen molar-refractivity contribution in [3.63, 3.8) is 0 Å². The number of hydrogen-bond donors (Lipinski definition) is 1. The number of rotatable bonds is 4. The molecule has 1 amide bonds. The number of ether oxygens (including phenoxy) is 1. The Labute approximate surface area is 149 Å². The molecule has 122 valence electrons. The van der Waals surface area contributed by atoms with Crippen LogP contribution in [0.25, 0.3) is 0 Å². The Hall–Kier alpha value is -2.23. The third kappa shape index (κ3) is 3.81. The smallest absolute Gasteiger partial charge is 0.261 e. The number of benzene rings is 1. The van der Waals surface area contributed by atoms with E-state index in [4.69, 9.17) is 21.6 Å². The number of nitrogens with zero attached hydrogens (tertiary/aromatic N) is 2. The van der Waals surface area contributed by atoms with Crippen LogP contribution in [-0.4, -0.2) is 28.5 Å². The number of anilines is 1. The minimum Gasteiger partial charge on any atom is -0.473 e. The lowest BCUT2D eigenvalue weighted by atomic mass is 10.1. The molecule has 0 spiro atoms. The van der Waals surface area contributed by atoms with E-state index < -0.39 is 0 Å². The van der Waals surface area contributed by atoms with Gasteiger partial charge in [-0.1, -0.05) is 11.6 Å². The molecular weight excluding hydrogens is 346 g/mol. The first-order chi connectivity index (χ1) is 11.7. The molecule has 1 aliphatic heterocycles. The van der Waals surface area contributed by atoms with Crippen molar-refractivity contribution in [2.75, 3.05) is 16.8 Å². The second-order valence-corrected chi connectivity index (χ2v) is 6.80. The lowest BCUT2D eigenvalue weighted by Crippen LogP contribution is -2.20. The van der Waals surface area contributed by atoms with Gasteiger partial charge in [0.2, 0.25) is 5.88 Å². The number of carbonyl (C=O) groups excluding carboxylic acids is 1. The summed E-state index contributed by atoms with van der Waals surface area (Å²) < 4.78 is 5.86. The van der Waals surface area contributed by atoms with Gasteiger partial charge in [0.15, 0.2) is 0 Å². The van der Waals surface area contributed by atoms with E-state index in [0.29, 0.717) is 27.7 Å². The van der Waals surface area contributed by atoms with Crippen molar-refractivity contribution >= 4 is 35.0 Å². The predicted molar refractivity (Wildman–Crippen MR) is 94.7 cm³/mol. The van der Waals surface area contributed by atoms with Crippen molar-refractivity contribution in [1.82, 2.24) is 4.98 Å². The highest BCUT2D eigenvalue weighted by Gasteiger charge is 2.21. The standard InChI is InChI=1S/C17H14ClN3O2S/c18-12-4-3-11(9-19)15(8-12)21-16(22)14-2-1-6-20-17(14)23-13-5-7-24-10-13/h1-4,6,8,13H,5,7,10H2,(H,21,22)/t13-/m1/s1. The third-order valence-corrected chi connectivity index (χ3v) is 4.90. The molecule has 0 unspecified atom stereocenters. The molecule has 2 aromatic rings. The molecule has 24 heavy (non-hydrogen) atoms. The van der Waals surface area contributed by atoms with Crippen molar-refractivity contribution in [1.29, 1.82) is 5.26 Å². The summed E-state index contributed by atoms with van der Waals surface area (Å²) in [5.41, 5.74) is 1.03. The van der Waals surface area contributed by atoms with Crippen LogP contribution in [0.3, 0.4) is 0 Å². The summed E-state index contributed by atoms with van der Waals surface area (Å²) in [6.45, 7) is 0. The zero-order valence-corrected chi connectivity index (χ0v) is 14.2. The molecule has 0 bridgehead atoms. The largest absolute Gasteiger partial charge is 0.473 e. The molecule has 1 aromatic carbocycles. The molecule has 7 heteroatoms. The summed E-state index contributed by atoms with van der Waals surface area (Å²) in [6.07, 6.45) is 2.60. The molecule has 1 atom stereocenters. The number of halogens is 1. The van der Waals surface area contributed by atoms with Crippen LogP contribution in [0.15, 0.2) is 36.5 Å². The van der Waals surface area contributed by atoms with Gasteiger partial charge < -0.3 is 10.1 Å². The summed E-state index contributed by atoms with van der Waals surface area (Å²) >= 11 is 7.77. The van der Waals surface area contributed by atoms with Gasteiger partial charge >= 0.3 is 0 Å². The fourth-order valence-electron chi connectivity index (χ4n) is 2.33. The Morgan fingerprint density at radius 1 is 1.46 bits per heavy atom. The molecule has 1 fully saturated rings. The van der Waals surface area contributed by atoms with E-state index in [-0.39, 0.29) is 12.0 Å². The van der Waals surface area contributed by atoms with E-state index in [2.05, 4.69) is 10.3 Å². The first kappa shape index (κ1) is 16.6. The van der Waals surface area contributed by atoms with Gasteiger partial charge in [-0.15, -0.1) is 0 Å². The van der Waals surface area contributed by atoms with Gasteiger partial charge in [0.05, 0.1) is 11.3 Å². The number of nitrogens with one attached hydrogen (secondary N) is 1. The van der Waals surface area contributed by atoms with Crippen LogP contribution in [0.4, 0.5) is 5.69 Å². The Bertz CT molecular complexity index is 801. The highest BCUT2D eigenvalue weighted by atomic mass is 35.5. The fourth-order valence-corrected chi connectivity index (χ4v) is 3.59. The van der Waals surface area contributed by atoms with Gasteiger partial charge in [-0.05, 0) is 42.5 Å². The number of carbonyl (C=O) groups is 1. The normalized spacial score (nSPS) is 16.4. The number of pyridine rings is 1. The van der Waals surface area contributed by atoms with Crippen LogP contribution < -0.4 is 10.1 Å². The fraction of sp³-hybridized carbons (Fsp3) is 0.235. The number of aromatic nitrogens is 1. The topological polar surface area (TPSA) is 75.0 Å². The van der Waals surface area contributed by atoms with Gasteiger partial charge in [0.25, 0.3) is 5.91 Å². The van der Waals surface area contributed by atoms with E-state index in [9.17, 15) is 4.79 Å². The van der Waals surface area contributed by atoms with E-state index >= 15 is 0 Å². The van der Waals surface area contributed by atoms with Gasteiger partial charge in [-0.3, -0.25) is 4.79 Å². The molecule has 1 aromatic heterocycles. The maximum Gasteiger partial charge on any atom is 0.261 e. The number of hydrogen-bond acceptors (Lipinski definition) is 5. The van der Waals surface area contributed by atoms with Gasteiger partial charge in [0.1, 0.15) is 17.7 Å². The van der Waals surface area contributed by atoms with Crippen LogP contribution in [-0.2, 0) is 0 Å². The van der Waals surface area contributed by atoms with Crippen molar-refractivity contribution in [2.24, 2.45) is 0 Å². The van der Waals surface area contributed by atoms with Crippen molar-refractivity contribution in [3.05, 3.63) is 52.7 Å². The van der Waals surface area contributed by atoms with Crippen molar-refractivity contribution in [2.45, 2.75) is 12.5 Å². The van der Waals surface area contributed by atoms with Crippen molar-refractivity contribution < 1.29 is 9.53 Å². The zero-order valence-electron chi connectivity index (χ0n) is 12.7. The highest BCUT2D eigenvalue weighted by Crippen LogP contribution is 2.26. The number of thioether (sulfide) groups is 1. The third-order valence-electron chi connectivity index (χ3n) is 3.53. The van der Waals surface area contributed by atoms with E-state index in [1.165, 1.54) is 0 Å². The Morgan fingerprint density at radius 2 is 2.33 bits per heavy atom. The predicted octanol–water partition coefficient (Wildman–Crippen LogP) is 3.74. The van der Waals surface area contributed by atoms with Gasteiger partial charge in [-0.25, -0.2) is 4.98 Å². The van der Waals surface area contributed by atoms with E-state index in [1.807, 2.05) is 17.8 Å². The maximum atomic E-state index is 12.6. The van der Waals surface area contributed by atoms with Gasteiger partial charge in [0, 0.05) is 17.0 Å². The van der Waals surface area contributed by atoms with E-state index in [1.54, 1.807) is 36.5 Å². The van der Waals surface area contributed by atoms with Crippen LogP contribution in [0.1, 0.15) is 22.3 Å². The average Bonchev–Trinajstić information content (AvgIpc) is 3.08. The highest BCUT2D eigenvalue weighted by molar-refractivity contribution is 7.99. The zero-order chi connectivity index (χ0) is 16.9.